The molecule has 0 saturated carbocycles. The first kappa shape index (κ1) is 17.9. The van der Waals surface area contributed by atoms with Gasteiger partial charge in [0.15, 0.2) is 0 Å². The van der Waals surface area contributed by atoms with Gasteiger partial charge in [-0.25, -0.2) is 4.98 Å². The summed E-state index contributed by atoms with van der Waals surface area (Å²) in [6, 6.07) is 0. The molecule has 2 saturated heterocycles. The predicted octanol–water partition coefficient (Wildman–Crippen LogP) is 0.971. The van der Waals surface area contributed by atoms with Crippen LogP contribution in [0.25, 0.3) is 0 Å². The van der Waals surface area contributed by atoms with Crippen LogP contribution in [-0.2, 0) is 4.79 Å². The van der Waals surface area contributed by atoms with Crippen molar-refractivity contribution in [3.63, 3.8) is 0 Å². The van der Waals surface area contributed by atoms with Gasteiger partial charge in [-0.15, -0.1) is 0 Å². The van der Waals surface area contributed by atoms with E-state index in [2.05, 4.69) is 16.8 Å². The molecule has 3 heterocycles. The normalized spacial score (nSPS) is 23.6. The largest absolute Gasteiger partial charge is 0.395 e. The van der Waals surface area contributed by atoms with E-state index in [9.17, 15) is 9.90 Å². The summed E-state index contributed by atoms with van der Waals surface area (Å²) in [7, 11) is 3.88. The van der Waals surface area contributed by atoms with Gasteiger partial charge in [-0.05, 0) is 33.1 Å². The van der Waals surface area contributed by atoms with Crippen molar-refractivity contribution in [3.05, 3.63) is 11.3 Å². The number of hydrogen-bond donors (Lipinski definition) is 1. The van der Waals surface area contributed by atoms with Crippen LogP contribution >= 0.6 is 0 Å². The third-order valence-corrected chi connectivity index (χ3v) is 5.60. The van der Waals surface area contributed by atoms with Crippen LogP contribution in [0.1, 0.15) is 30.5 Å². The number of hydrogen-bond acceptors (Lipinski definition) is 6. The number of anilines is 2. The molecule has 0 bridgehead atoms. The first-order valence-electron chi connectivity index (χ1n) is 9.06. The minimum absolute atomic E-state index is 0.0297. The molecule has 25 heavy (non-hydrogen) atoms. The summed E-state index contributed by atoms with van der Waals surface area (Å²) >= 11 is 0. The van der Waals surface area contributed by atoms with Gasteiger partial charge >= 0.3 is 0 Å². The van der Waals surface area contributed by atoms with E-state index in [0.29, 0.717) is 19.0 Å². The average molecular weight is 347 g/mol. The number of piperidine rings is 1. The maximum Gasteiger partial charge on any atom is 0.230 e. The van der Waals surface area contributed by atoms with Gasteiger partial charge in [-0.1, -0.05) is 0 Å². The number of likely N-dealkylation sites (tertiary alicyclic amines) is 1. The lowest BCUT2D eigenvalue weighted by atomic mass is 9.78. The Balaban J connectivity index is 1.87. The molecule has 1 aromatic heterocycles. The summed E-state index contributed by atoms with van der Waals surface area (Å²) < 4.78 is 0. The maximum atomic E-state index is 13.0. The smallest absolute Gasteiger partial charge is 0.230 e. The third kappa shape index (κ3) is 3.17. The van der Waals surface area contributed by atoms with E-state index in [4.69, 9.17) is 4.98 Å². The Bertz CT molecular complexity index is 661. The van der Waals surface area contributed by atoms with Gasteiger partial charge in [0, 0.05) is 51.5 Å². The molecule has 3 rings (SSSR count). The highest BCUT2D eigenvalue weighted by Crippen LogP contribution is 2.42. The number of carbonyl (C=O) groups is 1. The standard InChI is InChI=1S/C18H29N5O2/c1-13-14(2)19-17(21(3)4)20-15(13)23-9-7-18(12-23)6-5-8-22(10-11-24)16(18)25/h24H,5-12H2,1-4H3. The summed E-state index contributed by atoms with van der Waals surface area (Å²) in [5.41, 5.74) is 1.74. The number of aromatic nitrogens is 2. The fraction of sp³-hybridized carbons (Fsp3) is 0.722. The Morgan fingerprint density at radius 3 is 2.64 bits per heavy atom. The second-order valence-corrected chi connectivity index (χ2v) is 7.52. The fourth-order valence-corrected chi connectivity index (χ4v) is 4.03. The topological polar surface area (TPSA) is 72.8 Å². The zero-order valence-corrected chi connectivity index (χ0v) is 15.7. The van der Waals surface area contributed by atoms with Crippen LogP contribution in [0, 0.1) is 19.3 Å². The SMILES string of the molecule is Cc1nc(N(C)C)nc(N2CCC3(CCCN(CCO)C3=O)C2)c1C. The molecule has 2 aliphatic heterocycles. The fourth-order valence-electron chi connectivity index (χ4n) is 4.03. The van der Waals surface area contributed by atoms with Crippen LogP contribution in [0.4, 0.5) is 11.8 Å². The summed E-state index contributed by atoms with van der Waals surface area (Å²) in [5, 5.41) is 9.22. The van der Waals surface area contributed by atoms with Crippen LogP contribution in [0.3, 0.4) is 0 Å². The number of carbonyl (C=O) groups excluding carboxylic acids is 1. The van der Waals surface area contributed by atoms with Crippen LogP contribution < -0.4 is 9.80 Å². The van der Waals surface area contributed by atoms with E-state index in [1.54, 1.807) is 0 Å². The summed E-state index contributed by atoms with van der Waals surface area (Å²) in [5.74, 6) is 1.85. The Labute approximate surface area is 149 Å². The van der Waals surface area contributed by atoms with Gasteiger partial charge in [-0.3, -0.25) is 4.79 Å². The Hall–Kier alpha value is -1.89. The van der Waals surface area contributed by atoms with Crippen molar-refractivity contribution in [3.8, 4) is 0 Å². The van der Waals surface area contributed by atoms with Crippen LogP contribution in [-0.4, -0.2) is 72.8 Å². The third-order valence-electron chi connectivity index (χ3n) is 5.60. The molecule has 1 atom stereocenters. The number of rotatable bonds is 4. The molecular formula is C18H29N5O2. The summed E-state index contributed by atoms with van der Waals surface area (Å²) in [6.07, 6.45) is 2.78. The molecule has 138 valence electrons. The first-order chi connectivity index (χ1) is 11.9. The summed E-state index contributed by atoms with van der Waals surface area (Å²) in [6.45, 7) is 6.83. The number of aryl methyl sites for hydroxylation is 1. The van der Waals surface area contributed by atoms with Crippen molar-refractivity contribution < 1.29 is 9.90 Å². The van der Waals surface area contributed by atoms with E-state index < -0.39 is 0 Å². The minimum atomic E-state index is -0.322. The second kappa shape index (κ2) is 6.78. The molecule has 1 amide bonds. The van der Waals surface area contributed by atoms with E-state index >= 15 is 0 Å². The van der Waals surface area contributed by atoms with Crippen LogP contribution in [0.2, 0.25) is 0 Å². The van der Waals surface area contributed by atoms with Crippen molar-refractivity contribution in [1.82, 2.24) is 14.9 Å². The maximum absolute atomic E-state index is 13.0. The van der Waals surface area contributed by atoms with Crippen LogP contribution in [0.15, 0.2) is 0 Å². The van der Waals surface area contributed by atoms with Gasteiger partial charge in [0.1, 0.15) is 5.82 Å². The second-order valence-electron chi connectivity index (χ2n) is 7.52. The lowest BCUT2D eigenvalue weighted by Gasteiger charge is -2.39. The predicted molar refractivity (Wildman–Crippen MR) is 98.0 cm³/mol. The number of nitrogens with zero attached hydrogens (tertiary/aromatic N) is 5. The molecule has 7 nitrogen and oxygen atoms in total. The quantitative estimate of drug-likeness (QED) is 0.875. The highest BCUT2D eigenvalue weighted by atomic mass is 16.3. The summed E-state index contributed by atoms with van der Waals surface area (Å²) in [4.78, 5) is 28.3. The zero-order valence-electron chi connectivity index (χ0n) is 15.7. The molecule has 0 radical (unpaired) electrons. The number of amides is 1. The van der Waals surface area contributed by atoms with E-state index in [0.717, 1.165) is 49.4 Å². The van der Waals surface area contributed by atoms with Crippen LogP contribution in [0.5, 0.6) is 0 Å². The van der Waals surface area contributed by atoms with Crippen molar-refractivity contribution in [2.75, 3.05) is 56.7 Å². The van der Waals surface area contributed by atoms with Gasteiger partial charge in [0.05, 0.1) is 12.0 Å². The molecule has 1 aromatic rings. The molecule has 2 fully saturated rings. The van der Waals surface area contributed by atoms with Crippen molar-refractivity contribution in [2.24, 2.45) is 5.41 Å². The molecule has 1 spiro atoms. The molecule has 7 heteroatoms. The van der Waals surface area contributed by atoms with Gasteiger partial charge in [0.25, 0.3) is 0 Å². The van der Waals surface area contributed by atoms with E-state index in [1.165, 1.54) is 0 Å². The Morgan fingerprint density at radius 1 is 1.20 bits per heavy atom. The van der Waals surface area contributed by atoms with Crippen molar-refractivity contribution >= 4 is 17.7 Å². The van der Waals surface area contributed by atoms with Gasteiger partial charge < -0.3 is 19.8 Å². The molecule has 0 aliphatic carbocycles. The number of aliphatic hydroxyl groups excluding tert-OH is 1. The highest BCUT2D eigenvalue weighted by molar-refractivity contribution is 5.85. The molecule has 2 aliphatic rings. The lowest BCUT2D eigenvalue weighted by Crippen LogP contribution is -2.50. The minimum Gasteiger partial charge on any atom is -0.395 e. The highest BCUT2D eigenvalue weighted by Gasteiger charge is 2.48. The molecule has 1 unspecified atom stereocenters. The van der Waals surface area contributed by atoms with E-state index in [1.807, 2.05) is 30.8 Å². The number of β-amino-alcohol motifs (C(OH)–C–C–N with tert-alkyl or cyclic N) is 1. The number of aliphatic hydroxyl groups is 1. The van der Waals surface area contributed by atoms with Gasteiger partial charge in [0.2, 0.25) is 11.9 Å². The molecular weight excluding hydrogens is 318 g/mol. The first-order valence-corrected chi connectivity index (χ1v) is 9.06. The zero-order chi connectivity index (χ0) is 18.2. The van der Waals surface area contributed by atoms with Crippen molar-refractivity contribution in [1.29, 1.82) is 0 Å². The average Bonchev–Trinajstić information content (AvgIpc) is 2.99. The lowest BCUT2D eigenvalue weighted by molar-refractivity contribution is -0.145. The molecule has 1 N–H and O–H groups in total. The Morgan fingerprint density at radius 2 is 1.96 bits per heavy atom. The van der Waals surface area contributed by atoms with Gasteiger partial charge in [-0.2, -0.15) is 4.98 Å². The van der Waals surface area contributed by atoms with Crippen molar-refractivity contribution in [2.45, 2.75) is 33.1 Å². The van der Waals surface area contributed by atoms with E-state index in [-0.39, 0.29) is 17.9 Å². The Kier molecular flexibility index (Phi) is 4.86. The monoisotopic (exact) mass is 347 g/mol. The molecule has 0 aromatic carbocycles.